The summed E-state index contributed by atoms with van der Waals surface area (Å²) >= 11 is 0. The summed E-state index contributed by atoms with van der Waals surface area (Å²) in [6.07, 6.45) is -0.512. The molecule has 202 valence electrons. The van der Waals surface area contributed by atoms with Crippen LogP contribution in [0.25, 0.3) is 0 Å². The highest BCUT2D eigenvalue weighted by Crippen LogP contribution is 2.32. The van der Waals surface area contributed by atoms with Gasteiger partial charge < -0.3 is 9.64 Å². The van der Waals surface area contributed by atoms with Gasteiger partial charge >= 0.3 is 6.18 Å². The molecule has 0 saturated carbocycles. The van der Waals surface area contributed by atoms with Crippen LogP contribution in [0, 0.1) is 13.8 Å². The number of hydrogen-bond acceptors (Lipinski definition) is 4. The number of piperidine rings is 1. The van der Waals surface area contributed by atoms with Crippen molar-refractivity contribution in [2.75, 3.05) is 52.4 Å². The molecule has 1 unspecified atom stereocenters. The van der Waals surface area contributed by atoms with Crippen LogP contribution in [0.4, 0.5) is 13.2 Å². The van der Waals surface area contributed by atoms with Gasteiger partial charge in [-0.2, -0.15) is 13.2 Å². The highest BCUT2D eigenvalue weighted by molar-refractivity contribution is 5.94. The molecule has 4 rings (SSSR count). The lowest BCUT2D eigenvalue weighted by atomic mass is 9.96. The lowest BCUT2D eigenvalue weighted by Crippen LogP contribution is -2.49. The van der Waals surface area contributed by atoms with E-state index in [2.05, 4.69) is 42.7 Å². The third-order valence-electron chi connectivity index (χ3n) is 7.95. The molecule has 2 fully saturated rings. The summed E-state index contributed by atoms with van der Waals surface area (Å²) in [5.41, 5.74) is 3.19. The van der Waals surface area contributed by atoms with Crippen LogP contribution in [-0.2, 0) is 6.18 Å². The topological polar surface area (TPSA) is 36.0 Å². The molecule has 0 aromatic heterocycles. The second-order valence-corrected chi connectivity index (χ2v) is 10.2. The van der Waals surface area contributed by atoms with Crippen LogP contribution in [0.3, 0.4) is 0 Å². The van der Waals surface area contributed by atoms with Crippen LogP contribution in [0.15, 0.2) is 36.4 Å². The SMILES string of the molecule is Cc1c(OCCN2CCCCC2)ccc(C(C)N2CCN(C(=O)c3ccc(C(F)(F)F)cc3)CC2)c1C. The van der Waals surface area contributed by atoms with E-state index in [1.807, 2.05) is 0 Å². The van der Waals surface area contributed by atoms with Crippen molar-refractivity contribution in [3.05, 3.63) is 64.2 Å². The van der Waals surface area contributed by atoms with Gasteiger partial charge in [0.2, 0.25) is 0 Å². The highest BCUT2D eigenvalue weighted by Gasteiger charge is 2.31. The maximum atomic E-state index is 12.8. The van der Waals surface area contributed by atoms with E-state index >= 15 is 0 Å². The second-order valence-electron chi connectivity index (χ2n) is 10.2. The van der Waals surface area contributed by atoms with E-state index in [9.17, 15) is 18.0 Å². The van der Waals surface area contributed by atoms with Gasteiger partial charge in [0, 0.05) is 44.3 Å². The van der Waals surface area contributed by atoms with Crippen LogP contribution in [-0.4, -0.2) is 73.0 Å². The first-order chi connectivity index (χ1) is 17.6. The number of piperazine rings is 1. The smallest absolute Gasteiger partial charge is 0.416 e. The number of likely N-dealkylation sites (tertiary alicyclic amines) is 1. The minimum atomic E-state index is -4.41. The van der Waals surface area contributed by atoms with Crippen molar-refractivity contribution in [1.82, 2.24) is 14.7 Å². The standard InChI is InChI=1S/C29H38F3N3O2/c1-21-22(2)27(37-20-19-33-13-5-4-6-14-33)12-11-26(21)23(3)34-15-17-35(18-16-34)28(36)24-7-9-25(10-8-24)29(30,31)32/h7-12,23H,4-6,13-20H2,1-3H3. The molecule has 2 heterocycles. The number of hydrogen-bond donors (Lipinski definition) is 0. The van der Waals surface area contributed by atoms with Crippen molar-refractivity contribution >= 4 is 5.91 Å². The Morgan fingerprint density at radius 1 is 0.892 bits per heavy atom. The van der Waals surface area contributed by atoms with Crippen LogP contribution in [0.2, 0.25) is 0 Å². The summed E-state index contributed by atoms with van der Waals surface area (Å²) in [5, 5.41) is 0. The molecule has 2 aliphatic heterocycles. The molecule has 2 aliphatic rings. The van der Waals surface area contributed by atoms with Crippen molar-refractivity contribution in [3.63, 3.8) is 0 Å². The lowest BCUT2D eigenvalue weighted by Gasteiger charge is -2.39. The van der Waals surface area contributed by atoms with E-state index in [1.54, 1.807) is 4.90 Å². The number of amides is 1. The number of halogens is 3. The van der Waals surface area contributed by atoms with E-state index in [0.717, 1.165) is 24.4 Å². The molecule has 2 aromatic rings. The van der Waals surface area contributed by atoms with Gasteiger partial charge in [0.15, 0.2) is 0 Å². The molecule has 0 spiro atoms. The van der Waals surface area contributed by atoms with Gasteiger partial charge in [0.1, 0.15) is 12.4 Å². The summed E-state index contributed by atoms with van der Waals surface area (Å²) in [7, 11) is 0. The normalized spacial score (nSPS) is 18.6. The van der Waals surface area contributed by atoms with Crippen LogP contribution in [0.1, 0.15) is 64.8 Å². The van der Waals surface area contributed by atoms with Crippen molar-refractivity contribution in [1.29, 1.82) is 0 Å². The van der Waals surface area contributed by atoms with E-state index in [4.69, 9.17) is 4.74 Å². The van der Waals surface area contributed by atoms with Crippen molar-refractivity contribution in [2.45, 2.75) is 52.3 Å². The maximum absolute atomic E-state index is 12.8. The first-order valence-corrected chi connectivity index (χ1v) is 13.3. The van der Waals surface area contributed by atoms with Gasteiger partial charge in [-0.1, -0.05) is 12.5 Å². The Morgan fingerprint density at radius 3 is 2.16 bits per heavy atom. The van der Waals surface area contributed by atoms with Gasteiger partial charge in [0.25, 0.3) is 5.91 Å². The van der Waals surface area contributed by atoms with Crippen LogP contribution >= 0.6 is 0 Å². The molecule has 0 aliphatic carbocycles. The Balaban J connectivity index is 1.31. The molecule has 0 bridgehead atoms. The van der Waals surface area contributed by atoms with Gasteiger partial charge in [0.05, 0.1) is 5.56 Å². The number of rotatable bonds is 7. The predicted molar refractivity (Wildman–Crippen MR) is 139 cm³/mol. The van der Waals surface area contributed by atoms with Gasteiger partial charge in [-0.15, -0.1) is 0 Å². The number of carbonyl (C=O) groups excluding carboxylic acids is 1. The lowest BCUT2D eigenvalue weighted by molar-refractivity contribution is -0.137. The van der Waals surface area contributed by atoms with E-state index in [-0.39, 0.29) is 17.5 Å². The maximum Gasteiger partial charge on any atom is 0.416 e. The number of benzene rings is 2. The predicted octanol–water partition coefficient (Wildman–Crippen LogP) is 5.71. The fourth-order valence-electron chi connectivity index (χ4n) is 5.39. The Hall–Kier alpha value is -2.58. The van der Waals surface area contributed by atoms with Crippen molar-refractivity contribution in [3.8, 4) is 5.75 Å². The Morgan fingerprint density at radius 2 is 1.54 bits per heavy atom. The Bertz CT molecular complexity index is 1060. The summed E-state index contributed by atoms with van der Waals surface area (Å²) in [4.78, 5) is 19.4. The Labute approximate surface area is 218 Å². The first-order valence-electron chi connectivity index (χ1n) is 13.3. The molecule has 1 atom stereocenters. The zero-order valence-electron chi connectivity index (χ0n) is 22.1. The number of alkyl halides is 3. The molecule has 0 N–H and O–H groups in total. The van der Waals surface area contributed by atoms with E-state index in [1.165, 1.54) is 61.2 Å². The summed E-state index contributed by atoms with van der Waals surface area (Å²) in [5.74, 6) is 0.719. The summed E-state index contributed by atoms with van der Waals surface area (Å²) in [6.45, 7) is 12.9. The van der Waals surface area contributed by atoms with Gasteiger partial charge in [-0.05, 0) is 93.7 Å². The Kier molecular flexibility index (Phi) is 8.80. The average molecular weight is 518 g/mol. The van der Waals surface area contributed by atoms with E-state index < -0.39 is 11.7 Å². The summed E-state index contributed by atoms with van der Waals surface area (Å²) in [6, 6.07) is 8.89. The fraction of sp³-hybridized carbons (Fsp3) is 0.552. The third kappa shape index (κ3) is 6.65. The van der Waals surface area contributed by atoms with Gasteiger partial charge in [-0.25, -0.2) is 0 Å². The largest absolute Gasteiger partial charge is 0.492 e. The van der Waals surface area contributed by atoms with E-state index in [0.29, 0.717) is 32.8 Å². The first kappa shape index (κ1) is 27.5. The third-order valence-corrected chi connectivity index (χ3v) is 7.95. The molecule has 8 heteroatoms. The molecule has 5 nitrogen and oxygen atoms in total. The molecular weight excluding hydrogens is 479 g/mol. The average Bonchev–Trinajstić information content (AvgIpc) is 2.91. The number of nitrogens with zero attached hydrogens (tertiary/aromatic N) is 3. The number of carbonyl (C=O) groups is 1. The molecule has 1 amide bonds. The second kappa shape index (κ2) is 11.9. The van der Waals surface area contributed by atoms with Crippen molar-refractivity contribution < 1.29 is 22.7 Å². The minimum Gasteiger partial charge on any atom is -0.492 e. The highest BCUT2D eigenvalue weighted by atomic mass is 19.4. The monoisotopic (exact) mass is 517 g/mol. The molecule has 2 saturated heterocycles. The number of ether oxygens (including phenoxy) is 1. The van der Waals surface area contributed by atoms with Gasteiger partial charge in [-0.3, -0.25) is 14.6 Å². The van der Waals surface area contributed by atoms with Crippen LogP contribution in [0.5, 0.6) is 5.75 Å². The molecule has 0 radical (unpaired) electrons. The molecule has 37 heavy (non-hydrogen) atoms. The quantitative estimate of drug-likeness (QED) is 0.472. The van der Waals surface area contributed by atoms with Crippen LogP contribution < -0.4 is 4.74 Å². The minimum absolute atomic E-state index is 0.185. The fourth-order valence-corrected chi connectivity index (χ4v) is 5.39. The molecular formula is C29H38F3N3O2. The zero-order valence-corrected chi connectivity index (χ0v) is 22.1. The molecule has 2 aromatic carbocycles. The zero-order chi connectivity index (χ0) is 26.6. The van der Waals surface area contributed by atoms with Crippen molar-refractivity contribution in [2.24, 2.45) is 0 Å². The summed E-state index contributed by atoms with van der Waals surface area (Å²) < 4.78 is 44.6.